The van der Waals surface area contributed by atoms with Crippen molar-refractivity contribution in [3.63, 3.8) is 0 Å². The van der Waals surface area contributed by atoms with Gasteiger partial charge in [0.2, 0.25) is 36.5 Å². The first-order chi connectivity index (χ1) is 34.8. The number of nitrogens with one attached hydrogen (secondary N) is 3. The predicted octanol–water partition coefficient (Wildman–Crippen LogP) is -2.53. The molecule has 0 unspecified atom stereocenters. The minimum atomic E-state index is -4.45. The molecule has 27 nitrogen and oxygen atoms in total. The number of anilines is 3. The molecule has 0 aliphatic carbocycles. The number of rotatable bonds is 27. The summed E-state index contributed by atoms with van der Waals surface area (Å²) >= 11 is 0. The highest BCUT2D eigenvalue weighted by Gasteiger charge is 2.49. The molecule has 73 heavy (non-hydrogen) atoms. The van der Waals surface area contributed by atoms with Crippen molar-refractivity contribution in [2.45, 2.75) is 88.0 Å². The normalized spacial score (nSPS) is 22.9. The van der Waals surface area contributed by atoms with Crippen LogP contribution in [-0.4, -0.2) is 179 Å². The Morgan fingerprint density at radius 2 is 1.58 bits per heavy atom. The third-order valence-corrected chi connectivity index (χ3v) is 11.6. The van der Waals surface area contributed by atoms with E-state index in [4.69, 9.17) is 40.0 Å². The number of benzene rings is 2. The third-order valence-electron chi connectivity index (χ3n) is 11.1. The summed E-state index contributed by atoms with van der Waals surface area (Å²) in [5, 5.41) is 76.6. The SMILES string of the molecule is C#Cc1cccc(Nc2nc[n+](Cc3ccc(O[C@@H]4O[C@H](C(=O)O)[C@@H](O)[C@H](O)[C@H]4O)c(NC(=O)CCNC(=O)CCOCCOCCOCCC(C)=O)c3)c3c2ncn3[C@@H]2O[C@H](COS(N)(=O)=O)[C@@H](O)[C@H]2O)c1. The van der Waals surface area contributed by atoms with E-state index in [-0.39, 0.29) is 80.0 Å². The lowest BCUT2D eigenvalue weighted by Gasteiger charge is -2.38. The lowest BCUT2D eigenvalue weighted by Crippen LogP contribution is -2.61. The standard InChI is InChI=1S/C45H56N8O19S/c1-3-26-5-4-6-28(19-26)50-41-34-42(53(24-48-34)43-38(60)35(57)31(70-43)22-69-73(46,64)65)52(23-49-41)21-27-7-8-30(71-45-39(61)36(58)37(59)40(72-45)44(62)63)29(20-27)51-33(56)9-12-47-32(55)11-14-67-16-18-68-17-15-66-13-10-25(2)54/h1,4-8,19-20,23-24,31,35-40,43,45,57-61H,9-18,21-22H2,2H3,(H5,46,47,51,55,56,62,63,64,65)/p+1/t31-,35-,36+,37+,38-,39-,40+,43-,45-/m1/s1. The zero-order valence-corrected chi connectivity index (χ0v) is 40.0. The Morgan fingerprint density at radius 1 is 0.863 bits per heavy atom. The minimum Gasteiger partial charge on any atom is -0.479 e. The molecule has 11 N–H and O–H groups in total. The lowest BCUT2D eigenvalue weighted by molar-refractivity contribution is -0.668. The highest BCUT2D eigenvalue weighted by Crippen LogP contribution is 2.34. The molecule has 2 aromatic heterocycles. The fourth-order valence-corrected chi connectivity index (χ4v) is 7.73. The van der Waals surface area contributed by atoms with Gasteiger partial charge in [-0.15, -0.1) is 6.42 Å². The van der Waals surface area contributed by atoms with Crippen molar-refractivity contribution in [1.82, 2.24) is 19.9 Å². The van der Waals surface area contributed by atoms with E-state index in [1.807, 2.05) is 0 Å². The highest BCUT2D eigenvalue weighted by atomic mass is 32.2. The van der Waals surface area contributed by atoms with Crippen LogP contribution >= 0.6 is 0 Å². The van der Waals surface area contributed by atoms with Crippen LogP contribution in [0.2, 0.25) is 0 Å². The number of carbonyl (C=O) groups excluding carboxylic acids is 3. The largest absolute Gasteiger partial charge is 0.479 e. The lowest BCUT2D eigenvalue weighted by atomic mass is 9.99. The number of hydrogen-bond donors (Lipinski definition) is 10. The van der Waals surface area contributed by atoms with Crippen LogP contribution < -0.4 is 30.4 Å². The molecule has 2 fully saturated rings. The molecule has 0 saturated carbocycles. The fraction of sp³-hybridized carbons (Fsp3) is 0.489. The van der Waals surface area contributed by atoms with Crippen molar-refractivity contribution in [1.29, 1.82) is 0 Å². The van der Waals surface area contributed by atoms with E-state index in [1.54, 1.807) is 28.8 Å². The van der Waals surface area contributed by atoms with Gasteiger partial charge in [0.25, 0.3) is 5.65 Å². The smallest absolute Gasteiger partial charge is 0.335 e. The molecule has 0 spiro atoms. The Kier molecular flexibility index (Phi) is 20.0. The first kappa shape index (κ1) is 56.0. The van der Waals surface area contributed by atoms with Crippen LogP contribution in [0.1, 0.15) is 43.5 Å². The number of nitrogens with two attached hydrogens (primary N) is 1. The maximum absolute atomic E-state index is 13.5. The number of amides is 2. The van der Waals surface area contributed by atoms with Crippen molar-refractivity contribution in [2.75, 3.05) is 63.4 Å². The number of aliphatic hydroxyl groups is 5. The number of aliphatic hydroxyl groups excluding tert-OH is 5. The second kappa shape index (κ2) is 26.1. The van der Waals surface area contributed by atoms with E-state index >= 15 is 0 Å². The average Bonchev–Trinajstić information content (AvgIpc) is 3.91. The summed E-state index contributed by atoms with van der Waals surface area (Å²) in [5.74, 6) is -0.104. The second-order valence-electron chi connectivity index (χ2n) is 16.6. The molecular weight excluding hydrogens is 989 g/mol. The molecule has 396 valence electrons. The molecule has 6 rings (SSSR count). The van der Waals surface area contributed by atoms with Crippen molar-refractivity contribution >= 4 is 62.2 Å². The van der Waals surface area contributed by atoms with Crippen LogP contribution in [-0.2, 0) is 63.9 Å². The molecule has 4 heterocycles. The summed E-state index contributed by atoms with van der Waals surface area (Å²) in [5.41, 5.74) is 1.89. The summed E-state index contributed by atoms with van der Waals surface area (Å²) in [6.45, 7) is 2.02. The summed E-state index contributed by atoms with van der Waals surface area (Å²) in [4.78, 5) is 57.9. The molecule has 9 atom stereocenters. The van der Waals surface area contributed by atoms with Crippen LogP contribution in [0, 0.1) is 12.3 Å². The Bertz CT molecular complexity index is 2720. The van der Waals surface area contributed by atoms with E-state index < -0.39 is 89.9 Å². The zero-order valence-electron chi connectivity index (χ0n) is 39.2. The van der Waals surface area contributed by atoms with Gasteiger partial charge in [0.1, 0.15) is 48.2 Å². The maximum atomic E-state index is 13.5. The van der Waals surface area contributed by atoms with Crippen LogP contribution in [0.15, 0.2) is 55.1 Å². The molecular formula is C45H57N8O19S+. The molecule has 2 aliphatic heterocycles. The van der Waals surface area contributed by atoms with Crippen molar-refractivity contribution in [3.05, 3.63) is 66.2 Å². The number of terminal acetylenes is 1. The first-order valence-electron chi connectivity index (χ1n) is 22.6. The van der Waals surface area contributed by atoms with Gasteiger partial charge in [-0.05, 0) is 42.8 Å². The van der Waals surface area contributed by atoms with Crippen molar-refractivity contribution < 1.29 is 95.4 Å². The van der Waals surface area contributed by atoms with Crippen molar-refractivity contribution in [2.24, 2.45) is 5.14 Å². The number of aliphatic carboxylic acids is 1. The Labute approximate surface area is 417 Å². The van der Waals surface area contributed by atoms with Gasteiger partial charge in [0.15, 0.2) is 17.9 Å². The number of nitrogens with zero attached hydrogens (tertiary/aromatic N) is 4. The Balaban J connectivity index is 1.21. The number of ketones is 1. The van der Waals surface area contributed by atoms with Crippen LogP contribution in [0.5, 0.6) is 5.75 Å². The van der Waals surface area contributed by atoms with Crippen molar-refractivity contribution in [3.8, 4) is 18.1 Å². The molecule has 2 saturated heterocycles. The number of hydrogen-bond acceptors (Lipinski definition) is 21. The third kappa shape index (κ3) is 15.6. The number of carbonyl (C=O) groups is 4. The van der Waals surface area contributed by atoms with Gasteiger partial charge >= 0.3 is 16.3 Å². The summed E-state index contributed by atoms with van der Waals surface area (Å²) in [6, 6.07) is 11.2. The topological polar surface area (TPSA) is 385 Å². The molecule has 28 heteroatoms. The molecule has 0 bridgehead atoms. The van der Waals surface area contributed by atoms with Gasteiger partial charge in [-0.1, -0.05) is 23.0 Å². The summed E-state index contributed by atoms with van der Waals surface area (Å²) in [7, 11) is -4.45. The fourth-order valence-electron chi connectivity index (χ4n) is 7.41. The second-order valence-corrected chi connectivity index (χ2v) is 17.8. The van der Waals surface area contributed by atoms with Gasteiger partial charge in [-0.25, -0.2) is 24.1 Å². The van der Waals surface area contributed by atoms with Gasteiger partial charge in [-0.2, -0.15) is 8.42 Å². The average molecular weight is 1050 g/mol. The quantitative estimate of drug-likeness (QED) is 0.0167. The van der Waals surface area contributed by atoms with Gasteiger partial charge in [0, 0.05) is 37.1 Å². The summed E-state index contributed by atoms with van der Waals surface area (Å²) in [6.07, 6.45) is -7.55. The zero-order chi connectivity index (χ0) is 52.8. The van der Waals surface area contributed by atoms with Gasteiger partial charge in [-0.3, -0.25) is 18.6 Å². The number of carboxylic acid groups (broad SMARTS) is 1. The van der Waals surface area contributed by atoms with Gasteiger partial charge < -0.3 is 75.0 Å². The summed E-state index contributed by atoms with van der Waals surface area (Å²) < 4.78 is 63.9. The number of fused-ring (bicyclic) bond motifs is 1. The number of aromatic nitrogens is 4. The Hall–Kier alpha value is -6.30. The van der Waals surface area contributed by atoms with Crippen LogP contribution in [0.4, 0.5) is 17.2 Å². The monoisotopic (exact) mass is 1050 g/mol. The van der Waals surface area contributed by atoms with Gasteiger partial charge in [0.05, 0.1) is 58.5 Å². The van der Waals surface area contributed by atoms with E-state index in [9.17, 15) is 58.2 Å². The van der Waals surface area contributed by atoms with E-state index in [2.05, 4.69) is 36.0 Å². The van der Waals surface area contributed by atoms with E-state index in [1.165, 1.54) is 42.3 Å². The first-order valence-corrected chi connectivity index (χ1v) is 24.1. The highest BCUT2D eigenvalue weighted by molar-refractivity contribution is 7.84. The molecule has 2 aromatic carbocycles. The number of Topliss-reactive ketones (excluding diaryl/α,β-unsaturated/α-hetero) is 1. The molecule has 2 amide bonds. The maximum Gasteiger partial charge on any atom is 0.335 e. The molecule has 2 aliphatic rings. The number of ether oxygens (including phenoxy) is 6. The van der Waals surface area contributed by atoms with E-state index in [0.29, 0.717) is 43.1 Å². The molecule has 4 aromatic rings. The van der Waals surface area contributed by atoms with E-state index in [0.717, 1.165) is 0 Å². The molecule has 0 radical (unpaired) electrons. The van der Waals surface area contributed by atoms with Crippen LogP contribution in [0.25, 0.3) is 11.2 Å². The van der Waals surface area contributed by atoms with Crippen LogP contribution in [0.3, 0.4) is 0 Å². The number of carboxylic acids is 1. The Morgan fingerprint density at radius 3 is 2.26 bits per heavy atom. The predicted molar refractivity (Wildman–Crippen MR) is 249 cm³/mol. The minimum absolute atomic E-state index is 0.0217. The number of imidazole rings is 1.